The first-order chi connectivity index (χ1) is 16.3. The molecule has 0 unspecified atom stereocenters. The molecular weight excluding hydrogens is 448 g/mol. The molecule has 5 rings (SSSR count). The number of nitrogens with zero attached hydrogens (tertiary/aromatic N) is 3. The number of fused-ring (bicyclic) bond motifs is 2. The summed E-state index contributed by atoms with van der Waals surface area (Å²) in [5.74, 6) is -5.80. The fraction of sp³-hybridized carbons (Fsp3) is 0.0800. The molecule has 1 N–H and O–H groups in total. The topological polar surface area (TPSA) is 59.3 Å². The Balaban J connectivity index is 1.63. The molecule has 9 heteroatoms. The van der Waals surface area contributed by atoms with Gasteiger partial charge in [-0.3, -0.25) is 14.2 Å². The third kappa shape index (κ3) is 3.45. The number of amides is 1. The van der Waals surface area contributed by atoms with E-state index in [4.69, 9.17) is 0 Å². The van der Waals surface area contributed by atoms with Crippen molar-refractivity contribution in [2.75, 3.05) is 7.05 Å². The second kappa shape index (κ2) is 7.95. The molecule has 0 atom stereocenters. The average Bonchev–Trinajstić information content (AvgIpc) is 3.29. The summed E-state index contributed by atoms with van der Waals surface area (Å²) in [4.78, 5) is 19.7. The van der Waals surface area contributed by atoms with Crippen molar-refractivity contribution in [1.82, 2.24) is 19.7 Å². The van der Waals surface area contributed by atoms with Gasteiger partial charge in [0.15, 0.2) is 11.5 Å². The van der Waals surface area contributed by atoms with Crippen molar-refractivity contribution in [3.63, 3.8) is 0 Å². The molecule has 0 saturated carbocycles. The monoisotopic (exact) mass is 464 g/mol. The molecule has 3 aromatic heterocycles. The highest BCUT2D eigenvalue weighted by Crippen LogP contribution is 2.38. The van der Waals surface area contributed by atoms with Gasteiger partial charge in [-0.2, -0.15) is 8.78 Å². The number of benzene rings is 2. The largest absolute Gasteiger partial charge is 0.355 e. The lowest BCUT2D eigenvalue weighted by molar-refractivity contribution is 0.0372. The summed E-state index contributed by atoms with van der Waals surface area (Å²) >= 11 is 0. The van der Waals surface area contributed by atoms with Crippen LogP contribution in [0, 0.1) is 11.6 Å². The predicted octanol–water partition coefficient (Wildman–Crippen LogP) is 5.33. The van der Waals surface area contributed by atoms with Crippen LogP contribution in [-0.2, 0) is 5.92 Å². The Morgan fingerprint density at radius 3 is 2.53 bits per heavy atom. The lowest BCUT2D eigenvalue weighted by Crippen LogP contribution is -2.19. The van der Waals surface area contributed by atoms with Gasteiger partial charge in [-0.05, 0) is 42.0 Å². The minimum Gasteiger partial charge on any atom is -0.355 e. The van der Waals surface area contributed by atoms with Crippen molar-refractivity contribution in [3.05, 3.63) is 102 Å². The van der Waals surface area contributed by atoms with Crippen LogP contribution in [0.4, 0.5) is 17.6 Å². The van der Waals surface area contributed by atoms with Gasteiger partial charge in [0.2, 0.25) is 0 Å². The van der Waals surface area contributed by atoms with Crippen molar-refractivity contribution in [2.45, 2.75) is 5.92 Å². The molecule has 34 heavy (non-hydrogen) atoms. The van der Waals surface area contributed by atoms with Crippen LogP contribution < -0.4 is 5.32 Å². The predicted molar refractivity (Wildman–Crippen MR) is 119 cm³/mol. The van der Waals surface area contributed by atoms with Crippen molar-refractivity contribution >= 4 is 22.5 Å². The number of aromatic nitrogens is 3. The third-order valence-electron chi connectivity index (χ3n) is 5.62. The first-order valence-corrected chi connectivity index (χ1v) is 10.2. The summed E-state index contributed by atoms with van der Waals surface area (Å²) in [5.41, 5.74) is -0.404. The SMILES string of the molecule is CNC(=O)c1ccc(-c2cc(F)c3ncc(C(F)(F)c4ccc5ncccc5c4)n3c2)cc1F. The third-order valence-corrected chi connectivity index (χ3v) is 5.62. The Kier molecular flexibility index (Phi) is 5.04. The number of hydrogen-bond acceptors (Lipinski definition) is 3. The minimum absolute atomic E-state index is 0.144. The smallest absolute Gasteiger partial charge is 0.314 e. The second-order valence-electron chi connectivity index (χ2n) is 7.67. The molecule has 0 aliphatic carbocycles. The molecule has 0 aliphatic heterocycles. The van der Waals surface area contributed by atoms with Crippen LogP contribution in [0.5, 0.6) is 0 Å². The highest BCUT2D eigenvalue weighted by molar-refractivity contribution is 5.94. The number of halogens is 4. The summed E-state index contributed by atoms with van der Waals surface area (Å²) < 4.78 is 61.4. The van der Waals surface area contributed by atoms with E-state index in [1.54, 1.807) is 18.3 Å². The molecule has 0 aliphatic rings. The van der Waals surface area contributed by atoms with Gasteiger partial charge in [-0.15, -0.1) is 0 Å². The van der Waals surface area contributed by atoms with Crippen LogP contribution in [0.3, 0.4) is 0 Å². The number of alkyl halides is 2. The standard InChI is InChI=1S/C25H16F4N4O/c1-30-24(34)18-6-4-14(10-19(18)26)16-11-20(27)23-32-12-22(33(23)13-16)25(28,29)17-5-7-21-15(9-17)3-2-8-31-21/h2-13H,1H3,(H,30,34). The van der Waals surface area contributed by atoms with Crippen molar-refractivity contribution in [1.29, 1.82) is 0 Å². The van der Waals surface area contributed by atoms with E-state index in [9.17, 15) is 13.6 Å². The summed E-state index contributed by atoms with van der Waals surface area (Å²) in [5, 5.41) is 2.86. The lowest BCUT2D eigenvalue weighted by Gasteiger charge is -2.17. The Labute approximate surface area is 190 Å². The highest BCUT2D eigenvalue weighted by Gasteiger charge is 2.38. The Bertz CT molecular complexity index is 1580. The molecular formula is C25H16F4N4O. The summed E-state index contributed by atoms with van der Waals surface area (Å²) in [6.45, 7) is 0. The molecule has 0 saturated heterocycles. The van der Waals surface area contributed by atoms with Crippen LogP contribution in [0.25, 0.3) is 27.7 Å². The number of nitrogens with one attached hydrogen (secondary N) is 1. The van der Waals surface area contributed by atoms with Gasteiger partial charge in [0.25, 0.3) is 5.91 Å². The maximum Gasteiger partial charge on any atom is 0.314 e. The first-order valence-electron chi connectivity index (χ1n) is 10.2. The van der Waals surface area contributed by atoms with E-state index < -0.39 is 29.2 Å². The number of pyridine rings is 2. The van der Waals surface area contributed by atoms with Gasteiger partial charge in [0.05, 0.1) is 17.3 Å². The van der Waals surface area contributed by atoms with Crippen LogP contribution in [0.2, 0.25) is 0 Å². The van der Waals surface area contributed by atoms with Crippen LogP contribution in [-0.4, -0.2) is 27.3 Å². The molecule has 1 amide bonds. The van der Waals surface area contributed by atoms with E-state index in [2.05, 4.69) is 15.3 Å². The van der Waals surface area contributed by atoms with Crippen LogP contribution >= 0.6 is 0 Å². The van der Waals surface area contributed by atoms with Gasteiger partial charge in [-0.1, -0.05) is 18.2 Å². The van der Waals surface area contributed by atoms with Gasteiger partial charge in [0, 0.05) is 36.0 Å². The van der Waals surface area contributed by atoms with Gasteiger partial charge in [0.1, 0.15) is 11.5 Å². The van der Waals surface area contributed by atoms with Crippen LogP contribution in [0.15, 0.2) is 73.2 Å². The van der Waals surface area contributed by atoms with Crippen molar-refractivity contribution in [3.8, 4) is 11.1 Å². The molecule has 0 bridgehead atoms. The molecule has 2 aromatic carbocycles. The van der Waals surface area contributed by atoms with Gasteiger partial charge < -0.3 is 5.32 Å². The maximum atomic E-state index is 15.6. The zero-order chi connectivity index (χ0) is 24.0. The molecule has 5 aromatic rings. The number of rotatable bonds is 4. The maximum absolute atomic E-state index is 15.6. The molecule has 0 radical (unpaired) electrons. The van der Waals surface area contributed by atoms with Crippen LogP contribution in [0.1, 0.15) is 21.6 Å². The Morgan fingerprint density at radius 1 is 0.971 bits per heavy atom. The summed E-state index contributed by atoms with van der Waals surface area (Å²) in [7, 11) is 1.37. The zero-order valence-electron chi connectivity index (χ0n) is 17.7. The van der Waals surface area contributed by atoms with E-state index in [0.29, 0.717) is 10.9 Å². The van der Waals surface area contributed by atoms with E-state index in [0.717, 1.165) is 22.7 Å². The van der Waals surface area contributed by atoms with E-state index in [1.165, 1.54) is 43.6 Å². The van der Waals surface area contributed by atoms with E-state index in [-0.39, 0.29) is 27.9 Å². The molecule has 0 spiro atoms. The summed E-state index contributed by atoms with van der Waals surface area (Å²) in [6, 6.07) is 12.2. The highest BCUT2D eigenvalue weighted by atomic mass is 19.3. The molecule has 3 heterocycles. The summed E-state index contributed by atoms with van der Waals surface area (Å²) in [6.07, 6.45) is 3.76. The quantitative estimate of drug-likeness (QED) is 0.366. The number of imidazole rings is 1. The number of carbonyl (C=O) groups excluding carboxylic acids is 1. The molecule has 5 nitrogen and oxygen atoms in total. The fourth-order valence-corrected chi connectivity index (χ4v) is 3.87. The van der Waals surface area contributed by atoms with E-state index in [1.807, 2.05) is 0 Å². The minimum atomic E-state index is -3.51. The normalized spacial score (nSPS) is 11.8. The number of carbonyl (C=O) groups is 1. The lowest BCUT2D eigenvalue weighted by atomic mass is 10.0. The Hall–Kier alpha value is -4.27. The molecule has 0 fully saturated rings. The second-order valence-corrected chi connectivity index (χ2v) is 7.67. The van der Waals surface area contributed by atoms with Gasteiger partial charge in [-0.25, -0.2) is 13.8 Å². The van der Waals surface area contributed by atoms with Crippen molar-refractivity contribution < 1.29 is 22.4 Å². The fourth-order valence-electron chi connectivity index (χ4n) is 3.87. The van der Waals surface area contributed by atoms with Gasteiger partial charge >= 0.3 is 5.92 Å². The Morgan fingerprint density at radius 2 is 1.76 bits per heavy atom. The van der Waals surface area contributed by atoms with Crippen molar-refractivity contribution in [2.24, 2.45) is 0 Å². The average molecular weight is 464 g/mol. The first kappa shape index (κ1) is 21.6. The molecule has 170 valence electrons. The van der Waals surface area contributed by atoms with E-state index >= 15 is 8.78 Å². The number of hydrogen-bond donors (Lipinski definition) is 1. The zero-order valence-corrected chi connectivity index (χ0v) is 17.7.